The Morgan fingerprint density at radius 2 is 2.20 bits per heavy atom. The first kappa shape index (κ1) is 11.3. The van der Waals surface area contributed by atoms with Crippen molar-refractivity contribution >= 4 is 5.78 Å². The highest BCUT2D eigenvalue weighted by atomic mass is 16.5. The smallest absolute Gasteiger partial charge is 0.185 e. The molecule has 0 spiro atoms. The molecule has 0 aliphatic rings. The van der Waals surface area contributed by atoms with Crippen LogP contribution in [0.3, 0.4) is 0 Å². The lowest BCUT2D eigenvalue weighted by molar-refractivity contribution is 0.104. The summed E-state index contributed by atoms with van der Waals surface area (Å²) < 4.78 is 10.5. The van der Waals surface area contributed by atoms with Crippen LogP contribution in [-0.4, -0.2) is 19.5 Å². The van der Waals surface area contributed by atoms with Gasteiger partial charge < -0.3 is 9.47 Å². The number of benzene rings is 1. The molecule has 15 heavy (non-hydrogen) atoms. The minimum Gasteiger partial charge on any atom is -0.493 e. The lowest BCUT2D eigenvalue weighted by atomic mass is 10.1. The van der Waals surface area contributed by atoms with Gasteiger partial charge in [0, 0.05) is 5.56 Å². The van der Waals surface area contributed by atoms with Crippen molar-refractivity contribution in [3.05, 3.63) is 36.4 Å². The Hall–Kier alpha value is -1.77. The van der Waals surface area contributed by atoms with Gasteiger partial charge in [-0.1, -0.05) is 6.58 Å². The average Bonchev–Trinajstić information content (AvgIpc) is 2.29. The zero-order valence-corrected chi connectivity index (χ0v) is 8.95. The van der Waals surface area contributed by atoms with Gasteiger partial charge in [-0.3, -0.25) is 4.79 Å². The Kier molecular flexibility index (Phi) is 3.92. The zero-order chi connectivity index (χ0) is 11.3. The monoisotopic (exact) mass is 206 g/mol. The molecule has 0 bridgehead atoms. The van der Waals surface area contributed by atoms with Gasteiger partial charge in [0.25, 0.3) is 0 Å². The summed E-state index contributed by atoms with van der Waals surface area (Å²) in [5.74, 6) is 1.07. The van der Waals surface area contributed by atoms with Gasteiger partial charge in [0.15, 0.2) is 17.3 Å². The molecule has 0 unspecified atom stereocenters. The largest absolute Gasteiger partial charge is 0.493 e. The van der Waals surface area contributed by atoms with Crippen LogP contribution in [0.15, 0.2) is 30.9 Å². The van der Waals surface area contributed by atoms with Crippen LogP contribution in [0, 0.1) is 0 Å². The standard InChI is InChI=1S/C12H14O3/c1-4-10(13)9-6-7-11(15-5-2)12(8-9)14-3/h4,6-8H,1,5H2,2-3H3. The van der Waals surface area contributed by atoms with Crippen molar-refractivity contribution in [2.24, 2.45) is 0 Å². The van der Waals surface area contributed by atoms with E-state index in [-0.39, 0.29) is 5.78 Å². The van der Waals surface area contributed by atoms with Crippen LogP contribution in [0.5, 0.6) is 11.5 Å². The first-order chi connectivity index (χ1) is 7.22. The Morgan fingerprint density at radius 3 is 2.73 bits per heavy atom. The van der Waals surface area contributed by atoms with Gasteiger partial charge in [-0.05, 0) is 31.2 Å². The minimum absolute atomic E-state index is 0.128. The lowest BCUT2D eigenvalue weighted by Crippen LogP contribution is -1.99. The number of hydrogen-bond acceptors (Lipinski definition) is 3. The van der Waals surface area contributed by atoms with Crippen LogP contribution < -0.4 is 9.47 Å². The maximum Gasteiger partial charge on any atom is 0.185 e. The predicted molar refractivity (Wildman–Crippen MR) is 58.7 cm³/mol. The van der Waals surface area contributed by atoms with Gasteiger partial charge in [-0.25, -0.2) is 0 Å². The maximum atomic E-state index is 11.3. The molecule has 0 aliphatic heterocycles. The molecule has 0 N–H and O–H groups in total. The molecule has 1 aromatic rings. The topological polar surface area (TPSA) is 35.5 Å². The maximum absolute atomic E-state index is 11.3. The molecule has 1 aromatic carbocycles. The molecule has 0 fully saturated rings. The summed E-state index contributed by atoms with van der Waals surface area (Å²) >= 11 is 0. The Labute approximate surface area is 89.3 Å². The highest BCUT2D eigenvalue weighted by Gasteiger charge is 2.08. The number of allylic oxidation sites excluding steroid dienone is 1. The van der Waals surface area contributed by atoms with Crippen molar-refractivity contribution in [1.82, 2.24) is 0 Å². The molecule has 0 radical (unpaired) electrons. The fraction of sp³-hybridized carbons (Fsp3) is 0.250. The summed E-state index contributed by atoms with van der Waals surface area (Å²) in [6, 6.07) is 5.06. The summed E-state index contributed by atoms with van der Waals surface area (Å²) in [6.07, 6.45) is 1.27. The highest BCUT2D eigenvalue weighted by Crippen LogP contribution is 2.28. The first-order valence-corrected chi connectivity index (χ1v) is 4.70. The summed E-state index contributed by atoms with van der Waals surface area (Å²) in [5, 5.41) is 0. The Balaban J connectivity index is 3.06. The third kappa shape index (κ3) is 2.59. The van der Waals surface area contributed by atoms with Gasteiger partial charge in [0.1, 0.15) is 0 Å². The van der Waals surface area contributed by atoms with Gasteiger partial charge in [0.2, 0.25) is 0 Å². The molecular formula is C12H14O3. The zero-order valence-electron chi connectivity index (χ0n) is 8.95. The summed E-state index contributed by atoms with van der Waals surface area (Å²) in [4.78, 5) is 11.3. The number of rotatable bonds is 5. The second kappa shape index (κ2) is 5.20. The van der Waals surface area contributed by atoms with E-state index >= 15 is 0 Å². The molecule has 0 aliphatic carbocycles. The molecule has 3 heteroatoms. The third-order valence-corrected chi connectivity index (χ3v) is 1.93. The number of methoxy groups -OCH3 is 1. The van der Waals surface area contributed by atoms with Crippen LogP contribution in [-0.2, 0) is 0 Å². The second-order valence-electron chi connectivity index (χ2n) is 2.87. The van der Waals surface area contributed by atoms with E-state index in [1.807, 2.05) is 6.92 Å². The molecule has 0 aromatic heterocycles. The van der Waals surface area contributed by atoms with E-state index in [1.165, 1.54) is 6.08 Å². The van der Waals surface area contributed by atoms with E-state index in [1.54, 1.807) is 25.3 Å². The number of ketones is 1. The number of carbonyl (C=O) groups is 1. The van der Waals surface area contributed by atoms with Crippen LogP contribution in [0.2, 0.25) is 0 Å². The van der Waals surface area contributed by atoms with Crippen molar-refractivity contribution in [2.75, 3.05) is 13.7 Å². The molecule has 0 heterocycles. The summed E-state index contributed by atoms with van der Waals surface area (Å²) in [6.45, 7) is 5.88. The number of hydrogen-bond donors (Lipinski definition) is 0. The molecule has 0 saturated heterocycles. The molecule has 0 saturated carbocycles. The van der Waals surface area contributed by atoms with Gasteiger partial charge in [-0.15, -0.1) is 0 Å². The fourth-order valence-electron chi connectivity index (χ4n) is 1.21. The number of ether oxygens (including phenoxy) is 2. The molecular weight excluding hydrogens is 192 g/mol. The third-order valence-electron chi connectivity index (χ3n) is 1.93. The van der Waals surface area contributed by atoms with E-state index < -0.39 is 0 Å². The van der Waals surface area contributed by atoms with Crippen molar-refractivity contribution in [2.45, 2.75) is 6.92 Å². The van der Waals surface area contributed by atoms with E-state index in [2.05, 4.69) is 6.58 Å². The second-order valence-corrected chi connectivity index (χ2v) is 2.87. The average molecular weight is 206 g/mol. The van der Waals surface area contributed by atoms with E-state index in [9.17, 15) is 4.79 Å². The van der Waals surface area contributed by atoms with Crippen LogP contribution >= 0.6 is 0 Å². The molecule has 3 nitrogen and oxygen atoms in total. The normalized spacial score (nSPS) is 9.47. The lowest BCUT2D eigenvalue weighted by Gasteiger charge is -2.09. The Bertz CT molecular complexity index is 369. The quantitative estimate of drug-likeness (QED) is 0.548. The Morgan fingerprint density at radius 1 is 1.47 bits per heavy atom. The predicted octanol–water partition coefficient (Wildman–Crippen LogP) is 2.46. The highest BCUT2D eigenvalue weighted by molar-refractivity contribution is 6.04. The van der Waals surface area contributed by atoms with Gasteiger partial charge >= 0.3 is 0 Å². The SMILES string of the molecule is C=CC(=O)c1ccc(OCC)c(OC)c1. The van der Waals surface area contributed by atoms with Crippen molar-refractivity contribution < 1.29 is 14.3 Å². The first-order valence-electron chi connectivity index (χ1n) is 4.70. The summed E-state index contributed by atoms with van der Waals surface area (Å²) in [7, 11) is 1.54. The van der Waals surface area contributed by atoms with Crippen LogP contribution in [0.25, 0.3) is 0 Å². The van der Waals surface area contributed by atoms with Crippen molar-refractivity contribution in [3.8, 4) is 11.5 Å². The van der Waals surface area contributed by atoms with Gasteiger partial charge in [-0.2, -0.15) is 0 Å². The van der Waals surface area contributed by atoms with E-state index in [0.29, 0.717) is 23.7 Å². The summed E-state index contributed by atoms with van der Waals surface area (Å²) in [5.41, 5.74) is 0.547. The van der Waals surface area contributed by atoms with E-state index in [0.717, 1.165) is 0 Å². The number of carbonyl (C=O) groups excluding carboxylic acids is 1. The van der Waals surface area contributed by atoms with Crippen molar-refractivity contribution in [3.63, 3.8) is 0 Å². The van der Waals surface area contributed by atoms with Crippen LogP contribution in [0.1, 0.15) is 17.3 Å². The molecule has 80 valence electrons. The van der Waals surface area contributed by atoms with Crippen LogP contribution in [0.4, 0.5) is 0 Å². The molecule has 1 rings (SSSR count). The van der Waals surface area contributed by atoms with E-state index in [4.69, 9.17) is 9.47 Å². The molecule has 0 atom stereocenters. The minimum atomic E-state index is -0.128. The van der Waals surface area contributed by atoms with Crippen molar-refractivity contribution in [1.29, 1.82) is 0 Å². The molecule has 0 amide bonds. The van der Waals surface area contributed by atoms with Gasteiger partial charge in [0.05, 0.1) is 13.7 Å². The fourth-order valence-corrected chi connectivity index (χ4v) is 1.21.